The number of hydrogen-bond acceptors (Lipinski definition) is 5. The van der Waals surface area contributed by atoms with Crippen molar-refractivity contribution in [3.63, 3.8) is 0 Å². The Morgan fingerprint density at radius 3 is 2.36 bits per heavy atom. The predicted molar refractivity (Wildman–Crippen MR) is 112 cm³/mol. The minimum Gasteiger partial charge on any atom is -0.469 e. The highest BCUT2D eigenvalue weighted by atomic mass is 32.1. The minimum atomic E-state index is -0.102. The highest BCUT2D eigenvalue weighted by Crippen LogP contribution is 2.26. The molecule has 0 spiro atoms. The third kappa shape index (κ3) is 4.36. The van der Waals surface area contributed by atoms with E-state index in [4.69, 9.17) is 22.1 Å². The number of esters is 1. The Morgan fingerprint density at radius 2 is 1.82 bits per heavy atom. The largest absolute Gasteiger partial charge is 0.469 e. The maximum absolute atomic E-state index is 11.7. The highest BCUT2D eigenvalue weighted by Gasteiger charge is 2.26. The molecule has 0 radical (unpaired) electrons. The van der Waals surface area contributed by atoms with E-state index in [-0.39, 0.29) is 17.3 Å². The molecule has 7 heteroatoms. The Hall–Kier alpha value is -1.99. The summed E-state index contributed by atoms with van der Waals surface area (Å²) in [6.07, 6.45) is 1.63. The number of hydrogen-bond donors (Lipinski definition) is 0. The first-order chi connectivity index (χ1) is 13.2. The van der Waals surface area contributed by atoms with Gasteiger partial charge >= 0.3 is 5.97 Å². The molecule has 1 aliphatic heterocycles. The first kappa shape index (κ1) is 20.7. The van der Waals surface area contributed by atoms with Crippen LogP contribution in [0, 0.1) is 10.7 Å². The zero-order chi connectivity index (χ0) is 20.5. The van der Waals surface area contributed by atoms with Gasteiger partial charge in [0.1, 0.15) is 0 Å². The van der Waals surface area contributed by atoms with Crippen LogP contribution in [0.4, 0.5) is 0 Å². The SMILES string of the molecule is COC(=O)C1CCN(Cn2nc(-c3ccc(C(C)(C)C)cc3)n(C)c2=S)CC1. The van der Waals surface area contributed by atoms with Gasteiger partial charge in [-0.05, 0) is 36.0 Å². The van der Waals surface area contributed by atoms with Gasteiger partial charge in [0, 0.05) is 25.7 Å². The fourth-order valence-electron chi connectivity index (χ4n) is 3.62. The van der Waals surface area contributed by atoms with Crippen LogP contribution in [0.15, 0.2) is 24.3 Å². The number of ether oxygens (including phenoxy) is 1. The minimum absolute atomic E-state index is 0.00912. The molecule has 0 atom stereocenters. The van der Waals surface area contributed by atoms with Gasteiger partial charge in [-0.25, -0.2) is 4.68 Å². The molecule has 6 nitrogen and oxygen atoms in total. The van der Waals surface area contributed by atoms with E-state index in [2.05, 4.69) is 49.9 Å². The number of aromatic nitrogens is 3. The lowest BCUT2D eigenvalue weighted by molar-refractivity contribution is -0.147. The second-order valence-electron chi connectivity index (χ2n) is 8.55. The summed E-state index contributed by atoms with van der Waals surface area (Å²) in [6, 6.07) is 8.55. The Kier molecular flexibility index (Phi) is 6.05. The number of rotatable bonds is 4. The van der Waals surface area contributed by atoms with Crippen LogP contribution in [0.3, 0.4) is 0 Å². The molecule has 1 aromatic heterocycles. The average molecular weight is 403 g/mol. The van der Waals surface area contributed by atoms with Crippen molar-refractivity contribution < 1.29 is 9.53 Å². The van der Waals surface area contributed by atoms with Gasteiger partial charge in [0.25, 0.3) is 0 Å². The van der Waals surface area contributed by atoms with Crippen molar-refractivity contribution in [2.75, 3.05) is 20.2 Å². The summed E-state index contributed by atoms with van der Waals surface area (Å²) in [6.45, 7) is 8.95. The van der Waals surface area contributed by atoms with Crippen LogP contribution in [0.2, 0.25) is 0 Å². The Morgan fingerprint density at radius 1 is 1.21 bits per heavy atom. The van der Waals surface area contributed by atoms with Gasteiger partial charge in [0.05, 0.1) is 19.7 Å². The number of nitrogens with zero attached hydrogens (tertiary/aromatic N) is 4. The van der Waals surface area contributed by atoms with Gasteiger partial charge in [-0.3, -0.25) is 9.69 Å². The molecule has 1 aromatic carbocycles. The summed E-state index contributed by atoms with van der Waals surface area (Å²) in [7, 11) is 3.42. The molecule has 28 heavy (non-hydrogen) atoms. The van der Waals surface area contributed by atoms with Gasteiger partial charge in [-0.1, -0.05) is 45.0 Å². The van der Waals surface area contributed by atoms with Gasteiger partial charge < -0.3 is 9.30 Å². The van der Waals surface area contributed by atoms with Crippen LogP contribution in [0.5, 0.6) is 0 Å². The third-order valence-corrected chi connectivity index (χ3v) is 5.99. The third-order valence-electron chi connectivity index (χ3n) is 5.51. The Labute approximate surface area is 172 Å². The Balaban J connectivity index is 1.74. The molecule has 152 valence electrons. The summed E-state index contributed by atoms with van der Waals surface area (Å²) < 4.78 is 9.40. The van der Waals surface area contributed by atoms with E-state index in [0.717, 1.165) is 37.3 Å². The van der Waals surface area contributed by atoms with Crippen LogP contribution in [-0.2, 0) is 28.7 Å². The molecule has 2 heterocycles. The first-order valence-electron chi connectivity index (χ1n) is 9.75. The maximum Gasteiger partial charge on any atom is 0.308 e. The number of carbonyl (C=O) groups is 1. The van der Waals surface area contributed by atoms with Crippen molar-refractivity contribution in [2.45, 2.75) is 45.7 Å². The van der Waals surface area contributed by atoms with Crippen LogP contribution in [-0.4, -0.2) is 45.4 Å². The number of benzene rings is 1. The summed E-state index contributed by atoms with van der Waals surface area (Å²) >= 11 is 5.61. The van der Waals surface area contributed by atoms with Crippen LogP contribution in [0.25, 0.3) is 11.4 Å². The zero-order valence-corrected chi connectivity index (χ0v) is 18.3. The molecular weight excluding hydrogens is 372 g/mol. The quantitative estimate of drug-likeness (QED) is 0.576. The fourth-order valence-corrected chi connectivity index (χ4v) is 3.80. The molecule has 0 unspecified atom stereocenters. The second-order valence-corrected chi connectivity index (χ2v) is 8.91. The number of carbonyl (C=O) groups excluding carboxylic acids is 1. The molecule has 0 bridgehead atoms. The van der Waals surface area contributed by atoms with Crippen LogP contribution >= 0.6 is 12.2 Å². The van der Waals surface area contributed by atoms with Crippen molar-refractivity contribution in [2.24, 2.45) is 13.0 Å². The molecule has 0 N–H and O–H groups in total. The predicted octanol–water partition coefficient (Wildman–Crippen LogP) is 3.76. The number of piperidine rings is 1. The average Bonchev–Trinajstić information content (AvgIpc) is 2.96. The molecule has 0 amide bonds. The standard InChI is InChI=1S/C21H30N4O2S/c1-21(2,3)17-8-6-15(7-9-17)18-22-25(20(28)23(18)4)14-24-12-10-16(11-13-24)19(26)27-5/h6-9,16H,10-14H2,1-5H3. The summed E-state index contributed by atoms with van der Waals surface area (Å²) in [5.74, 6) is 0.778. The molecular formula is C21H30N4O2S. The molecule has 1 saturated heterocycles. The van der Waals surface area contributed by atoms with E-state index < -0.39 is 0 Å². The molecule has 1 fully saturated rings. The van der Waals surface area contributed by atoms with Gasteiger partial charge in [-0.15, -0.1) is 0 Å². The van der Waals surface area contributed by atoms with Crippen molar-refractivity contribution >= 4 is 18.2 Å². The van der Waals surface area contributed by atoms with Crippen LogP contribution in [0.1, 0.15) is 39.2 Å². The van der Waals surface area contributed by atoms with Gasteiger partial charge in [0.2, 0.25) is 0 Å². The zero-order valence-electron chi connectivity index (χ0n) is 17.4. The van der Waals surface area contributed by atoms with Crippen molar-refractivity contribution in [3.8, 4) is 11.4 Å². The molecule has 0 aliphatic carbocycles. The lowest BCUT2D eigenvalue weighted by Crippen LogP contribution is -2.38. The smallest absolute Gasteiger partial charge is 0.308 e. The lowest BCUT2D eigenvalue weighted by Gasteiger charge is -2.30. The highest BCUT2D eigenvalue weighted by molar-refractivity contribution is 7.71. The van der Waals surface area contributed by atoms with E-state index >= 15 is 0 Å². The second kappa shape index (κ2) is 8.17. The van der Waals surface area contributed by atoms with E-state index in [1.54, 1.807) is 0 Å². The molecule has 2 aromatic rings. The van der Waals surface area contributed by atoms with Gasteiger partial charge in [-0.2, -0.15) is 5.10 Å². The topological polar surface area (TPSA) is 52.3 Å². The number of likely N-dealkylation sites (tertiary alicyclic amines) is 1. The lowest BCUT2D eigenvalue weighted by atomic mass is 9.87. The van der Waals surface area contributed by atoms with Crippen molar-refractivity contribution in [1.29, 1.82) is 0 Å². The molecule has 0 saturated carbocycles. The number of methoxy groups -OCH3 is 1. The van der Waals surface area contributed by atoms with E-state index in [0.29, 0.717) is 11.4 Å². The molecule has 1 aliphatic rings. The normalized spacial score (nSPS) is 16.3. The van der Waals surface area contributed by atoms with Gasteiger partial charge in [0.15, 0.2) is 10.6 Å². The van der Waals surface area contributed by atoms with E-state index in [1.807, 2.05) is 16.3 Å². The van der Waals surface area contributed by atoms with Crippen molar-refractivity contribution in [3.05, 3.63) is 34.6 Å². The van der Waals surface area contributed by atoms with Crippen molar-refractivity contribution in [1.82, 2.24) is 19.2 Å². The summed E-state index contributed by atoms with van der Waals surface area (Å²) in [5.41, 5.74) is 2.48. The van der Waals surface area contributed by atoms with E-state index in [9.17, 15) is 4.79 Å². The van der Waals surface area contributed by atoms with Crippen LogP contribution < -0.4 is 0 Å². The summed E-state index contributed by atoms with van der Waals surface area (Å²) in [4.78, 5) is 14.0. The monoisotopic (exact) mass is 402 g/mol. The first-order valence-corrected chi connectivity index (χ1v) is 10.2. The van der Waals surface area contributed by atoms with E-state index in [1.165, 1.54) is 12.7 Å². The molecule has 3 rings (SSSR count). The fraction of sp³-hybridized carbons (Fsp3) is 0.571. The Bertz CT molecular complexity index is 885. The summed E-state index contributed by atoms with van der Waals surface area (Å²) in [5, 5.41) is 4.78. The maximum atomic E-state index is 11.7.